The number of anilines is 1. The molecule has 0 fully saturated rings. The molecule has 2 aromatic carbocycles. The van der Waals surface area contributed by atoms with Crippen molar-refractivity contribution in [1.82, 2.24) is 0 Å². The zero-order chi connectivity index (χ0) is 18.1. The predicted octanol–water partition coefficient (Wildman–Crippen LogP) is 2.97. The zero-order valence-electron chi connectivity index (χ0n) is 14.0. The highest BCUT2D eigenvalue weighted by molar-refractivity contribution is 5.96. The summed E-state index contributed by atoms with van der Waals surface area (Å²) in [5, 5.41) is 12.9. The molecule has 1 aromatic heterocycles. The van der Waals surface area contributed by atoms with Gasteiger partial charge in [0.1, 0.15) is 11.6 Å². The topological polar surface area (TPSA) is 56.5 Å². The van der Waals surface area contributed by atoms with E-state index in [0.717, 1.165) is 39.6 Å². The Hall–Kier alpha value is -3.15. The summed E-state index contributed by atoms with van der Waals surface area (Å²) in [6.07, 6.45) is 4.40. The number of ether oxygens (including phenoxy) is 1. The Balaban J connectivity index is 1.54. The second-order valence-electron chi connectivity index (χ2n) is 6.27. The maximum atomic E-state index is 13.4. The van der Waals surface area contributed by atoms with Crippen molar-refractivity contribution in [3.63, 3.8) is 0 Å². The van der Waals surface area contributed by atoms with E-state index in [0.29, 0.717) is 12.3 Å². The average molecular weight is 352 g/mol. The average Bonchev–Trinajstić information content (AvgIpc) is 2.65. The van der Waals surface area contributed by atoms with Crippen LogP contribution in [0.2, 0.25) is 0 Å². The third-order valence-electron chi connectivity index (χ3n) is 4.57. The van der Waals surface area contributed by atoms with Gasteiger partial charge in [-0.25, -0.2) is 4.39 Å². The van der Waals surface area contributed by atoms with Crippen LogP contribution in [0.4, 0.5) is 10.1 Å². The smallest absolute Gasteiger partial charge is 0.264 e. The number of pyridine rings is 1. The van der Waals surface area contributed by atoms with Gasteiger partial charge in [-0.2, -0.15) is 4.73 Å². The van der Waals surface area contributed by atoms with E-state index in [2.05, 4.69) is 0 Å². The van der Waals surface area contributed by atoms with Crippen molar-refractivity contribution in [2.45, 2.75) is 12.8 Å². The van der Waals surface area contributed by atoms with Crippen molar-refractivity contribution in [1.29, 1.82) is 0 Å². The molecular formula is C20H17FN2O3. The highest BCUT2D eigenvalue weighted by Crippen LogP contribution is 2.28. The Kier molecular flexibility index (Phi) is 4.16. The van der Waals surface area contributed by atoms with E-state index in [9.17, 15) is 14.4 Å². The van der Waals surface area contributed by atoms with Crippen LogP contribution >= 0.6 is 0 Å². The van der Waals surface area contributed by atoms with E-state index in [1.54, 1.807) is 29.2 Å². The molecule has 4 rings (SSSR count). The molecule has 1 aliphatic heterocycles. The molecule has 5 nitrogen and oxygen atoms in total. The summed E-state index contributed by atoms with van der Waals surface area (Å²) < 4.78 is 19.9. The van der Waals surface area contributed by atoms with Gasteiger partial charge in [0, 0.05) is 23.7 Å². The Labute approximate surface area is 149 Å². The first kappa shape index (κ1) is 16.3. The first-order chi connectivity index (χ1) is 12.6. The molecule has 0 unspecified atom stereocenters. The lowest BCUT2D eigenvalue weighted by Crippen LogP contribution is -2.38. The fourth-order valence-electron chi connectivity index (χ4n) is 3.35. The quantitative estimate of drug-likeness (QED) is 0.538. The standard InChI is InChI=1S/C20H17FN2O3/c21-16-6-7-18-14(11-16)4-2-9-23(18)20(24)13-26-19-5-1-3-15-12-22(25)10-8-17(15)19/h1,3,5-8,10-12H,2,4,9,13H2. The summed E-state index contributed by atoms with van der Waals surface area (Å²) in [5.41, 5.74) is 1.59. The van der Waals surface area contributed by atoms with Crippen molar-refractivity contribution >= 4 is 22.4 Å². The molecule has 0 spiro atoms. The lowest BCUT2D eigenvalue weighted by Gasteiger charge is -2.29. The fraction of sp³-hybridized carbons (Fsp3) is 0.200. The van der Waals surface area contributed by atoms with Gasteiger partial charge in [-0.15, -0.1) is 0 Å². The minimum atomic E-state index is -0.291. The number of carbonyl (C=O) groups is 1. The molecule has 0 radical (unpaired) electrons. The van der Waals surface area contributed by atoms with Crippen molar-refractivity contribution in [2.75, 3.05) is 18.1 Å². The molecule has 1 amide bonds. The molecule has 0 saturated heterocycles. The number of hydrogen-bond donors (Lipinski definition) is 0. The van der Waals surface area contributed by atoms with Gasteiger partial charge in [0.25, 0.3) is 5.91 Å². The lowest BCUT2D eigenvalue weighted by atomic mass is 10.0. The summed E-state index contributed by atoms with van der Waals surface area (Å²) in [7, 11) is 0. The number of halogens is 1. The van der Waals surface area contributed by atoms with Crippen LogP contribution in [0.5, 0.6) is 5.75 Å². The second-order valence-corrected chi connectivity index (χ2v) is 6.27. The molecule has 132 valence electrons. The summed E-state index contributed by atoms with van der Waals surface area (Å²) in [6, 6.07) is 11.5. The Bertz CT molecular complexity index is 990. The maximum Gasteiger partial charge on any atom is 0.264 e. The number of amides is 1. The van der Waals surface area contributed by atoms with E-state index in [1.165, 1.54) is 24.5 Å². The summed E-state index contributed by atoms with van der Waals surface area (Å²) in [5.74, 6) is 0.0813. The van der Waals surface area contributed by atoms with Crippen molar-refractivity contribution in [3.05, 3.63) is 71.4 Å². The van der Waals surface area contributed by atoms with Gasteiger partial charge in [0.15, 0.2) is 19.0 Å². The number of fused-ring (bicyclic) bond motifs is 2. The van der Waals surface area contributed by atoms with Gasteiger partial charge < -0.3 is 14.8 Å². The monoisotopic (exact) mass is 352 g/mol. The van der Waals surface area contributed by atoms with Gasteiger partial charge in [0.2, 0.25) is 0 Å². The summed E-state index contributed by atoms with van der Waals surface area (Å²) in [6.45, 7) is 0.467. The van der Waals surface area contributed by atoms with E-state index in [1.807, 2.05) is 6.07 Å². The normalized spacial score (nSPS) is 13.5. The van der Waals surface area contributed by atoms with E-state index >= 15 is 0 Å². The molecule has 2 heterocycles. The number of aryl methyl sites for hydroxylation is 1. The third-order valence-corrected chi connectivity index (χ3v) is 4.57. The van der Waals surface area contributed by atoms with E-state index < -0.39 is 0 Å². The van der Waals surface area contributed by atoms with Gasteiger partial charge in [-0.1, -0.05) is 6.07 Å². The summed E-state index contributed by atoms with van der Waals surface area (Å²) in [4.78, 5) is 14.3. The molecular weight excluding hydrogens is 335 g/mol. The largest absolute Gasteiger partial charge is 0.619 e. The van der Waals surface area contributed by atoms with Crippen molar-refractivity contribution < 1.29 is 18.7 Å². The zero-order valence-corrected chi connectivity index (χ0v) is 14.0. The molecule has 26 heavy (non-hydrogen) atoms. The van der Waals surface area contributed by atoms with Gasteiger partial charge in [0.05, 0.1) is 5.39 Å². The number of nitrogens with zero attached hydrogens (tertiary/aromatic N) is 2. The lowest BCUT2D eigenvalue weighted by molar-refractivity contribution is -0.603. The first-order valence-corrected chi connectivity index (χ1v) is 8.45. The molecule has 0 atom stereocenters. The van der Waals surface area contributed by atoms with Gasteiger partial charge >= 0.3 is 0 Å². The van der Waals surface area contributed by atoms with Crippen LogP contribution in [-0.4, -0.2) is 19.1 Å². The number of rotatable bonds is 3. The number of hydrogen-bond acceptors (Lipinski definition) is 3. The Morgan fingerprint density at radius 3 is 3.04 bits per heavy atom. The maximum absolute atomic E-state index is 13.4. The minimum Gasteiger partial charge on any atom is -0.619 e. The minimum absolute atomic E-state index is 0.123. The molecule has 1 aliphatic rings. The molecule has 0 aliphatic carbocycles. The SMILES string of the molecule is O=C(COc1cccc2c[n+]([O-])ccc12)N1CCCc2cc(F)ccc21. The van der Waals surface area contributed by atoms with Gasteiger partial charge in [-0.3, -0.25) is 4.79 Å². The highest BCUT2D eigenvalue weighted by atomic mass is 19.1. The van der Waals surface area contributed by atoms with Crippen LogP contribution in [0.3, 0.4) is 0 Å². The number of carbonyl (C=O) groups excluding carboxylic acids is 1. The summed E-state index contributed by atoms with van der Waals surface area (Å²) >= 11 is 0. The second kappa shape index (κ2) is 6.63. The highest BCUT2D eigenvalue weighted by Gasteiger charge is 2.23. The predicted molar refractivity (Wildman–Crippen MR) is 95.5 cm³/mol. The molecule has 0 N–H and O–H groups in total. The van der Waals surface area contributed by atoms with E-state index in [4.69, 9.17) is 4.74 Å². The van der Waals surface area contributed by atoms with Crippen LogP contribution in [0.1, 0.15) is 12.0 Å². The molecule has 0 saturated carbocycles. The van der Waals surface area contributed by atoms with Crippen molar-refractivity contribution in [2.24, 2.45) is 0 Å². The van der Waals surface area contributed by atoms with Gasteiger partial charge in [-0.05, 0) is 48.7 Å². The molecule has 3 aromatic rings. The van der Waals surface area contributed by atoms with Crippen LogP contribution in [0.25, 0.3) is 10.8 Å². The Morgan fingerprint density at radius 2 is 2.15 bits per heavy atom. The molecule has 0 bridgehead atoms. The van der Waals surface area contributed by atoms with Crippen LogP contribution in [0, 0.1) is 11.0 Å². The van der Waals surface area contributed by atoms with Crippen LogP contribution in [-0.2, 0) is 11.2 Å². The van der Waals surface area contributed by atoms with Crippen molar-refractivity contribution in [3.8, 4) is 5.75 Å². The number of aromatic nitrogens is 1. The third kappa shape index (κ3) is 3.06. The number of benzene rings is 2. The van der Waals surface area contributed by atoms with Crippen LogP contribution < -0.4 is 14.4 Å². The van der Waals surface area contributed by atoms with Crippen LogP contribution in [0.15, 0.2) is 54.9 Å². The molecule has 6 heteroatoms. The first-order valence-electron chi connectivity index (χ1n) is 8.45. The Morgan fingerprint density at radius 1 is 1.27 bits per heavy atom. The van der Waals surface area contributed by atoms with E-state index in [-0.39, 0.29) is 18.3 Å². The fourth-order valence-corrected chi connectivity index (χ4v) is 3.35.